The van der Waals surface area contributed by atoms with Gasteiger partial charge in [-0.1, -0.05) is 58.0 Å². The lowest BCUT2D eigenvalue weighted by Gasteiger charge is -2.26. The highest BCUT2D eigenvalue weighted by Crippen LogP contribution is 2.37. The maximum atomic E-state index is 14.6. The van der Waals surface area contributed by atoms with E-state index in [1.54, 1.807) is 22.9 Å². The number of hydrogen-bond donors (Lipinski definition) is 1. The fourth-order valence-electron chi connectivity index (χ4n) is 4.29. The second kappa shape index (κ2) is 12.0. The predicted octanol–water partition coefficient (Wildman–Crippen LogP) is 5.93. The molecule has 1 aliphatic rings. The van der Waals surface area contributed by atoms with Crippen molar-refractivity contribution in [3.63, 3.8) is 0 Å². The van der Waals surface area contributed by atoms with Gasteiger partial charge in [0, 0.05) is 25.7 Å². The van der Waals surface area contributed by atoms with Crippen LogP contribution in [0.15, 0.2) is 54.6 Å². The SMILES string of the molecule is CC(C)COCC(O)CN(Cc1c(C(C)C)nn(-c2ccccc2)c1Oc1ccccc1F)C1CC1. The molecule has 1 fully saturated rings. The number of hydrogen-bond acceptors (Lipinski definition) is 5. The Morgan fingerprint density at radius 2 is 1.72 bits per heavy atom. The number of nitrogens with zero attached hydrogens (tertiary/aromatic N) is 3. The first-order chi connectivity index (χ1) is 17.3. The second-order valence-corrected chi connectivity index (χ2v) is 10.3. The van der Waals surface area contributed by atoms with Crippen LogP contribution in [-0.2, 0) is 11.3 Å². The van der Waals surface area contributed by atoms with Gasteiger partial charge in [-0.05, 0) is 48.9 Å². The van der Waals surface area contributed by atoms with Crippen molar-refractivity contribution in [1.29, 1.82) is 0 Å². The van der Waals surface area contributed by atoms with Crippen molar-refractivity contribution in [2.75, 3.05) is 19.8 Å². The monoisotopic (exact) mass is 495 g/mol. The normalized spacial score (nSPS) is 14.7. The number of benzene rings is 2. The smallest absolute Gasteiger partial charge is 0.227 e. The molecule has 0 radical (unpaired) electrons. The molecule has 2 aromatic carbocycles. The number of aliphatic hydroxyl groups is 1. The molecule has 0 aliphatic heterocycles. The Hall–Kier alpha value is -2.74. The average molecular weight is 496 g/mol. The number of aromatic nitrogens is 2. The molecule has 0 saturated heterocycles. The van der Waals surface area contributed by atoms with E-state index in [1.165, 1.54) is 6.07 Å². The molecule has 6 nitrogen and oxygen atoms in total. The van der Waals surface area contributed by atoms with Crippen molar-refractivity contribution in [1.82, 2.24) is 14.7 Å². The van der Waals surface area contributed by atoms with Gasteiger partial charge in [0.25, 0.3) is 0 Å². The third-order valence-corrected chi connectivity index (χ3v) is 6.19. The number of aliphatic hydroxyl groups excluding tert-OH is 1. The highest BCUT2D eigenvalue weighted by Gasteiger charge is 2.33. The van der Waals surface area contributed by atoms with Gasteiger partial charge in [-0.25, -0.2) is 9.07 Å². The van der Waals surface area contributed by atoms with E-state index in [0.29, 0.717) is 44.1 Å². The van der Waals surface area contributed by atoms with Gasteiger partial charge in [-0.15, -0.1) is 0 Å². The van der Waals surface area contributed by atoms with E-state index in [9.17, 15) is 9.50 Å². The summed E-state index contributed by atoms with van der Waals surface area (Å²) in [6, 6.07) is 16.6. The first-order valence-electron chi connectivity index (χ1n) is 12.9. The molecule has 194 valence electrons. The topological polar surface area (TPSA) is 59.8 Å². The molecular formula is C29H38FN3O3. The minimum atomic E-state index is -0.591. The van der Waals surface area contributed by atoms with Gasteiger partial charge in [-0.3, -0.25) is 4.90 Å². The van der Waals surface area contributed by atoms with Crippen LogP contribution in [0.5, 0.6) is 11.6 Å². The molecule has 1 aliphatic carbocycles. The third kappa shape index (κ3) is 6.72. The number of rotatable bonds is 13. The molecule has 1 atom stereocenters. The Kier molecular flexibility index (Phi) is 8.77. The summed E-state index contributed by atoms with van der Waals surface area (Å²) in [5.74, 6) is 0.796. The van der Waals surface area contributed by atoms with Crippen LogP contribution in [0.3, 0.4) is 0 Å². The first kappa shape index (κ1) is 26.3. The third-order valence-electron chi connectivity index (χ3n) is 6.19. The van der Waals surface area contributed by atoms with Crippen LogP contribution in [0.4, 0.5) is 4.39 Å². The van der Waals surface area contributed by atoms with Gasteiger partial charge >= 0.3 is 0 Å². The van der Waals surface area contributed by atoms with Crippen LogP contribution in [0.1, 0.15) is 57.7 Å². The second-order valence-electron chi connectivity index (χ2n) is 10.3. The molecule has 1 unspecified atom stereocenters. The zero-order valence-electron chi connectivity index (χ0n) is 21.7. The van der Waals surface area contributed by atoms with Gasteiger partial charge in [0.1, 0.15) is 0 Å². The molecule has 0 spiro atoms. The van der Waals surface area contributed by atoms with Gasteiger partial charge in [-0.2, -0.15) is 5.10 Å². The number of halogens is 1. The summed E-state index contributed by atoms with van der Waals surface area (Å²) < 4.78 is 28.4. The van der Waals surface area contributed by atoms with E-state index in [0.717, 1.165) is 29.8 Å². The highest BCUT2D eigenvalue weighted by molar-refractivity contribution is 5.44. The Morgan fingerprint density at radius 3 is 2.36 bits per heavy atom. The predicted molar refractivity (Wildman–Crippen MR) is 139 cm³/mol. The van der Waals surface area contributed by atoms with Gasteiger partial charge in [0.15, 0.2) is 11.6 Å². The van der Waals surface area contributed by atoms with Crippen molar-refractivity contribution in [3.8, 4) is 17.3 Å². The highest BCUT2D eigenvalue weighted by atomic mass is 19.1. The molecule has 4 rings (SSSR count). The van der Waals surface area contributed by atoms with Crippen LogP contribution in [0.25, 0.3) is 5.69 Å². The average Bonchev–Trinajstić information content (AvgIpc) is 3.63. The lowest BCUT2D eigenvalue weighted by molar-refractivity contribution is 0.00534. The molecular weight excluding hydrogens is 457 g/mol. The van der Waals surface area contributed by atoms with Gasteiger partial charge in [0.2, 0.25) is 5.88 Å². The molecule has 1 saturated carbocycles. The van der Waals surface area contributed by atoms with E-state index in [4.69, 9.17) is 14.6 Å². The standard InChI is InChI=1S/C29H38FN3O3/c1-20(2)18-35-19-24(34)16-32(22-14-15-22)17-25-28(21(3)4)31-33(23-10-6-5-7-11-23)29(25)36-27-13-9-8-12-26(27)30/h5-13,20-22,24,34H,14-19H2,1-4H3. The van der Waals surface area contributed by atoms with Crippen molar-refractivity contribution in [3.05, 3.63) is 71.7 Å². The zero-order chi connectivity index (χ0) is 25.7. The van der Waals surface area contributed by atoms with Crippen LogP contribution in [0, 0.1) is 11.7 Å². The maximum absolute atomic E-state index is 14.6. The molecule has 3 aromatic rings. The van der Waals surface area contributed by atoms with Crippen molar-refractivity contribution in [2.45, 2.75) is 65.1 Å². The maximum Gasteiger partial charge on any atom is 0.227 e. The minimum absolute atomic E-state index is 0.133. The van der Waals surface area contributed by atoms with Crippen LogP contribution in [-0.4, -0.2) is 51.7 Å². The summed E-state index contributed by atoms with van der Waals surface area (Å²) in [6.07, 6.45) is 1.59. The Labute approximate surface area is 213 Å². The summed E-state index contributed by atoms with van der Waals surface area (Å²) in [5.41, 5.74) is 2.66. The lowest BCUT2D eigenvalue weighted by Crippen LogP contribution is -2.36. The minimum Gasteiger partial charge on any atom is -0.435 e. The van der Waals surface area contributed by atoms with E-state index in [1.807, 2.05) is 30.3 Å². The molecule has 7 heteroatoms. The van der Waals surface area contributed by atoms with Crippen molar-refractivity contribution < 1.29 is 19.0 Å². The van der Waals surface area contributed by atoms with E-state index >= 15 is 0 Å². The first-order valence-corrected chi connectivity index (χ1v) is 12.9. The Morgan fingerprint density at radius 1 is 1.03 bits per heavy atom. The summed E-state index contributed by atoms with van der Waals surface area (Å²) in [7, 11) is 0. The Balaban J connectivity index is 1.68. The fourth-order valence-corrected chi connectivity index (χ4v) is 4.29. The summed E-state index contributed by atoms with van der Waals surface area (Å²) in [5, 5.41) is 15.7. The van der Waals surface area contributed by atoms with Crippen LogP contribution < -0.4 is 4.74 Å². The summed E-state index contributed by atoms with van der Waals surface area (Å²) >= 11 is 0. The quantitative estimate of drug-likeness (QED) is 0.319. The molecule has 0 bridgehead atoms. The zero-order valence-corrected chi connectivity index (χ0v) is 21.7. The summed E-state index contributed by atoms with van der Waals surface area (Å²) in [4.78, 5) is 2.29. The van der Waals surface area contributed by atoms with Gasteiger partial charge in [0.05, 0.1) is 29.7 Å². The number of para-hydroxylation sites is 2. The van der Waals surface area contributed by atoms with E-state index in [2.05, 4.69) is 32.6 Å². The Bertz CT molecular complexity index is 1110. The van der Waals surface area contributed by atoms with E-state index in [-0.39, 0.29) is 11.7 Å². The van der Waals surface area contributed by atoms with Crippen LogP contribution in [0.2, 0.25) is 0 Å². The molecule has 1 aromatic heterocycles. The molecule has 36 heavy (non-hydrogen) atoms. The van der Waals surface area contributed by atoms with Gasteiger partial charge < -0.3 is 14.6 Å². The van der Waals surface area contributed by atoms with Crippen LogP contribution >= 0.6 is 0 Å². The van der Waals surface area contributed by atoms with Crippen molar-refractivity contribution >= 4 is 0 Å². The fraction of sp³-hybridized carbons (Fsp3) is 0.483. The molecule has 1 N–H and O–H groups in total. The lowest BCUT2D eigenvalue weighted by atomic mass is 10.1. The largest absolute Gasteiger partial charge is 0.435 e. The number of ether oxygens (including phenoxy) is 2. The van der Waals surface area contributed by atoms with E-state index < -0.39 is 11.9 Å². The summed E-state index contributed by atoms with van der Waals surface area (Å²) in [6.45, 7) is 10.4. The van der Waals surface area contributed by atoms with Crippen molar-refractivity contribution in [2.24, 2.45) is 5.92 Å². The molecule has 0 amide bonds. The molecule has 1 heterocycles.